The largest absolute Gasteiger partial charge is 0.508 e. The molecule has 0 radical (unpaired) electrons. The molecule has 3 rings (SSSR count). The third kappa shape index (κ3) is 4.07. The van der Waals surface area contributed by atoms with E-state index in [1.807, 2.05) is 12.1 Å². The topological polar surface area (TPSA) is 23.5 Å². The van der Waals surface area contributed by atoms with Crippen LogP contribution in [-0.2, 0) is 11.8 Å². The van der Waals surface area contributed by atoms with Gasteiger partial charge in [0.1, 0.15) is 5.75 Å². The standard InChI is InChI=1S/C23H31NO/c1-3-13-23(21-10-7-11-22(25)17-21)14-16-24(18-19(23)2)15-12-20-8-5-4-6-9-20/h4-11,17,19,25H,3,12-16,18H2,1-2H3/t19-,23+/m0/s1. The van der Waals surface area contributed by atoms with Crippen molar-refractivity contribution in [3.63, 3.8) is 0 Å². The molecule has 2 atom stereocenters. The van der Waals surface area contributed by atoms with Crippen LogP contribution in [0.25, 0.3) is 0 Å². The Labute approximate surface area is 152 Å². The molecule has 1 aliphatic rings. The van der Waals surface area contributed by atoms with Crippen LogP contribution in [0.3, 0.4) is 0 Å². The lowest BCUT2D eigenvalue weighted by molar-refractivity contribution is 0.0936. The number of hydrogen-bond acceptors (Lipinski definition) is 2. The van der Waals surface area contributed by atoms with Gasteiger partial charge in [0.25, 0.3) is 0 Å². The lowest BCUT2D eigenvalue weighted by Gasteiger charge is -2.47. The van der Waals surface area contributed by atoms with Crippen LogP contribution in [0.5, 0.6) is 5.75 Å². The minimum Gasteiger partial charge on any atom is -0.508 e. The van der Waals surface area contributed by atoms with Gasteiger partial charge in [-0.1, -0.05) is 62.7 Å². The van der Waals surface area contributed by atoms with Gasteiger partial charge in [-0.2, -0.15) is 0 Å². The van der Waals surface area contributed by atoms with E-state index in [4.69, 9.17) is 0 Å². The maximum Gasteiger partial charge on any atom is 0.115 e. The monoisotopic (exact) mass is 337 g/mol. The smallest absolute Gasteiger partial charge is 0.115 e. The fourth-order valence-corrected chi connectivity index (χ4v) is 4.60. The first kappa shape index (κ1) is 18.0. The number of rotatable bonds is 6. The molecule has 25 heavy (non-hydrogen) atoms. The summed E-state index contributed by atoms with van der Waals surface area (Å²) in [5, 5.41) is 9.96. The number of hydrogen-bond donors (Lipinski definition) is 1. The summed E-state index contributed by atoms with van der Waals surface area (Å²) in [5.41, 5.74) is 2.95. The Bertz CT molecular complexity index is 669. The van der Waals surface area contributed by atoms with Crippen LogP contribution in [0.2, 0.25) is 0 Å². The second-order valence-electron chi connectivity index (χ2n) is 7.64. The molecule has 1 saturated heterocycles. The van der Waals surface area contributed by atoms with Gasteiger partial charge in [-0.15, -0.1) is 0 Å². The molecule has 1 aliphatic heterocycles. The van der Waals surface area contributed by atoms with Crippen LogP contribution in [0.1, 0.15) is 44.2 Å². The zero-order valence-electron chi connectivity index (χ0n) is 15.6. The zero-order valence-corrected chi connectivity index (χ0v) is 15.6. The number of likely N-dealkylation sites (tertiary alicyclic amines) is 1. The first-order valence-corrected chi connectivity index (χ1v) is 9.70. The summed E-state index contributed by atoms with van der Waals surface area (Å²) in [4.78, 5) is 2.62. The first-order valence-electron chi connectivity index (χ1n) is 9.70. The third-order valence-corrected chi connectivity index (χ3v) is 6.03. The molecule has 2 aromatic carbocycles. The van der Waals surface area contributed by atoms with Gasteiger partial charge < -0.3 is 10.0 Å². The van der Waals surface area contributed by atoms with Crippen molar-refractivity contribution in [1.29, 1.82) is 0 Å². The summed E-state index contributed by atoms with van der Waals surface area (Å²) in [6.45, 7) is 8.10. The van der Waals surface area contributed by atoms with Crippen LogP contribution < -0.4 is 0 Å². The summed E-state index contributed by atoms with van der Waals surface area (Å²) in [5.74, 6) is 0.991. The van der Waals surface area contributed by atoms with Gasteiger partial charge in [-0.05, 0) is 55.0 Å². The molecule has 1 N–H and O–H groups in total. The molecule has 2 nitrogen and oxygen atoms in total. The predicted molar refractivity (Wildman–Crippen MR) is 105 cm³/mol. The lowest BCUT2D eigenvalue weighted by Crippen LogP contribution is -2.49. The van der Waals surface area contributed by atoms with E-state index in [0.29, 0.717) is 11.7 Å². The van der Waals surface area contributed by atoms with E-state index < -0.39 is 0 Å². The second kappa shape index (κ2) is 8.05. The highest BCUT2D eigenvalue weighted by molar-refractivity contribution is 5.34. The Morgan fingerprint density at radius 3 is 2.60 bits per heavy atom. The molecule has 2 heteroatoms. The van der Waals surface area contributed by atoms with E-state index in [0.717, 1.165) is 26.1 Å². The summed E-state index contributed by atoms with van der Waals surface area (Å²) in [6, 6.07) is 18.8. The fourth-order valence-electron chi connectivity index (χ4n) is 4.60. The van der Waals surface area contributed by atoms with Crippen molar-refractivity contribution in [2.45, 2.75) is 44.9 Å². The zero-order chi connectivity index (χ0) is 17.7. The molecule has 0 aromatic heterocycles. The molecule has 0 spiro atoms. The van der Waals surface area contributed by atoms with Crippen molar-refractivity contribution in [3.05, 3.63) is 65.7 Å². The number of aromatic hydroxyl groups is 1. The molecule has 0 unspecified atom stereocenters. The van der Waals surface area contributed by atoms with Gasteiger partial charge in [-0.3, -0.25) is 0 Å². The average molecular weight is 338 g/mol. The van der Waals surface area contributed by atoms with Crippen LogP contribution in [-0.4, -0.2) is 29.6 Å². The van der Waals surface area contributed by atoms with E-state index in [1.165, 1.54) is 30.4 Å². The van der Waals surface area contributed by atoms with Crippen molar-refractivity contribution < 1.29 is 5.11 Å². The molecule has 2 aromatic rings. The van der Waals surface area contributed by atoms with E-state index in [-0.39, 0.29) is 5.41 Å². The Morgan fingerprint density at radius 1 is 1.12 bits per heavy atom. The van der Waals surface area contributed by atoms with Gasteiger partial charge in [0.2, 0.25) is 0 Å². The van der Waals surface area contributed by atoms with Crippen molar-refractivity contribution >= 4 is 0 Å². The minimum atomic E-state index is 0.205. The van der Waals surface area contributed by atoms with Crippen LogP contribution in [0.15, 0.2) is 54.6 Å². The Kier molecular flexibility index (Phi) is 5.80. The minimum absolute atomic E-state index is 0.205. The molecule has 134 valence electrons. The van der Waals surface area contributed by atoms with Gasteiger partial charge in [0.05, 0.1) is 0 Å². The van der Waals surface area contributed by atoms with E-state index in [2.05, 4.69) is 55.1 Å². The van der Waals surface area contributed by atoms with E-state index >= 15 is 0 Å². The summed E-state index contributed by atoms with van der Waals surface area (Å²) in [6.07, 6.45) is 4.69. The number of phenols is 1. The average Bonchev–Trinajstić information content (AvgIpc) is 2.63. The summed E-state index contributed by atoms with van der Waals surface area (Å²) in [7, 11) is 0. The summed E-state index contributed by atoms with van der Waals surface area (Å²) < 4.78 is 0. The molecular weight excluding hydrogens is 306 g/mol. The molecule has 1 heterocycles. The molecule has 0 bridgehead atoms. The molecular formula is C23H31NO. The highest BCUT2D eigenvalue weighted by atomic mass is 16.3. The molecule has 0 aliphatic carbocycles. The number of nitrogens with zero attached hydrogens (tertiary/aromatic N) is 1. The van der Waals surface area contributed by atoms with Crippen molar-refractivity contribution in [2.75, 3.05) is 19.6 Å². The maximum absolute atomic E-state index is 9.96. The number of phenolic OH excluding ortho intramolecular Hbond substituents is 1. The van der Waals surface area contributed by atoms with Crippen molar-refractivity contribution in [3.8, 4) is 5.75 Å². The first-order chi connectivity index (χ1) is 12.1. The molecule has 0 saturated carbocycles. The van der Waals surface area contributed by atoms with E-state index in [1.54, 1.807) is 6.07 Å². The number of benzene rings is 2. The van der Waals surface area contributed by atoms with Gasteiger partial charge in [0, 0.05) is 18.5 Å². The highest BCUT2D eigenvalue weighted by Crippen LogP contribution is 2.44. The normalized spacial score (nSPS) is 24.3. The van der Waals surface area contributed by atoms with Crippen LogP contribution >= 0.6 is 0 Å². The van der Waals surface area contributed by atoms with Gasteiger partial charge >= 0.3 is 0 Å². The quantitative estimate of drug-likeness (QED) is 0.800. The van der Waals surface area contributed by atoms with Gasteiger partial charge in [-0.25, -0.2) is 0 Å². The third-order valence-electron chi connectivity index (χ3n) is 6.03. The molecule has 1 fully saturated rings. The lowest BCUT2D eigenvalue weighted by atomic mass is 9.64. The Morgan fingerprint density at radius 2 is 1.92 bits per heavy atom. The maximum atomic E-state index is 9.96. The van der Waals surface area contributed by atoms with Crippen LogP contribution in [0, 0.1) is 5.92 Å². The fraction of sp³-hybridized carbons (Fsp3) is 0.478. The Balaban J connectivity index is 1.69. The van der Waals surface area contributed by atoms with Crippen LogP contribution in [0.4, 0.5) is 0 Å². The predicted octanol–water partition coefficient (Wildman–Crippen LogP) is 5.01. The van der Waals surface area contributed by atoms with Gasteiger partial charge in [0.15, 0.2) is 0 Å². The van der Waals surface area contributed by atoms with E-state index in [9.17, 15) is 5.11 Å². The number of piperidine rings is 1. The SMILES string of the molecule is CCC[C@@]1(c2cccc(O)c2)CCN(CCc2ccccc2)C[C@@H]1C. The van der Waals surface area contributed by atoms with Crippen molar-refractivity contribution in [1.82, 2.24) is 4.90 Å². The highest BCUT2D eigenvalue weighted by Gasteiger charge is 2.41. The molecule has 0 amide bonds. The summed E-state index contributed by atoms with van der Waals surface area (Å²) >= 11 is 0. The second-order valence-corrected chi connectivity index (χ2v) is 7.64. The van der Waals surface area contributed by atoms with Crippen molar-refractivity contribution in [2.24, 2.45) is 5.92 Å². The Hall–Kier alpha value is -1.80.